The van der Waals surface area contributed by atoms with E-state index in [1.54, 1.807) is 4.90 Å². The number of piperidine rings is 1. The Labute approximate surface area is 138 Å². The molecule has 1 aromatic rings. The summed E-state index contributed by atoms with van der Waals surface area (Å²) >= 11 is 3.39. The van der Waals surface area contributed by atoms with Crippen LogP contribution in [0.4, 0.5) is 0 Å². The van der Waals surface area contributed by atoms with Crippen molar-refractivity contribution < 1.29 is 19.4 Å². The van der Waals surface area contributed by atoms with Gasteiger partial charge in [-0.1, -0.05) is 12.1 Å². The molecule has 1 fully saturated rings. The van der Waals surface area contributed by atoms with Crippen LogP contribution in [-0.4, -0.2) is 41.1 Å². The van der Waals surface area contributed by atoms with Gasteiger partial charge in [0.05, 0.1) is 23.4 Å². The standard InChI is InChI=1S/C16H20BrNO4/c1-11-12(16(20)21)5-4-9-18(11)15(19)8-10-22-14-7-3-2-6-13(14)17/h2-3,6-7,11-12H,4-5,8-10H2,1H3,(H,20,21)/t11-,12-/m1/s1. The second kappa shape index (κ2) is 7.63. The normalized spacial score (nSPS) is 21.5. The lowest BCUT2D eigenvalue weighted by molar-refractivity contribution is -0.149. The summed E-state index contributed by atoms with van der Waals surface area (Å²) in [7, 11) is 0. The highest BCUT2D eigenvalue weighted by Crippen LogP contribution is 2.26. The molecule has 2 atom stereocenters. The summed E-state index contributed by atoms with van der Waals surface area (Å²) in [6.07, 6.45) is 1.61. The zero-order valence-electron chi connectivity index (χ0n) is 12.5. The maximum atomic E-state index is 12.3. The summed E-state index contributed by atoms with van der Waals surface area (Å²) in [5, 5.41) is 9.20. The Hall–Kier alpha value is -1.56. The van der Waals surface area contributed by atoms with Crippen LogP contribution >= 0.6 is 15.9 Å². The molecule has 1 aromatic carbocycles. The fourth-order valence-electron chi connectivity index (χ4n) is 2.78. The Morgan fingerprint density at radius 1 is 1.41 bits per heavy atom. The lowest BCUT2D eigenvalue weighted by Gasteiger charge is -2.37. The number of para-hydroxylation sites is 1. The minimum Gasteiger partial charge on any atom is -0.492 e. The van der Waals surface area contributed by atoms with Gasteiger partial charge in [-0.3, -0.25) is 9.59 Å². The first-order chi connectivity index (χ1) is 10.5. The first kappa shape index (κ1) is 16.8. The third-order valence-electron chi connectivity index (χ3n) is 4.04. The van der Waals surface area contributed by atoms with Crippen LogP contribution in [0.2, 0.25) is 0 Å². The molecule has 1 saturated heterocycles. The molecule has 1 aliphatic heterocycles. The predicted octanol–water partition coefficient (Wildman–Crippen LogP) is 2.93. The second-order valence-electron chi connectivity index (χ2n) is 5.44. The molecule has 1 amide bonds. The molecule has 1 heterocycles. The number of hydrogen-bond acceptors (Lipinski definition) is 3. The third kappa shape index (κ3) is 4.00. The van der Waals surface area contributed by atoms with Crippen LogP contribution in [0.15, 0.2) is 28.7 Å². The van der Waals surface area contributed by atoms with Crippen molar-refractivity contribution in [1.29, 1.82) is 0 Å². The monoisotopic (exact) mass is 369 g/mol. The summed E-state index contributed by atoms with van der Waals surface area (Å²) in [4.78, 5) is 25.2. The van der Waals surface area contributed by atoms with Crippen molar-refractivity contribution in [2.45, 2.75) is 32.2 Å². The summed E-state index contributed by atoms with van der Waals surface area (Å²) in [6, 6.07) is 7.21. The molecular formula is C16H20BrNO4. The van der Waals surface area contributed by atoms with Crippen LogP contribution < -0.4 is 4.74 Å². The van der Waals surface area contributed by atoms with E-state index >= 15 is 0 Å². The smallest absolute Gasteiger partial charge is 0.308 e. The zero-order valence-corrected chi connectivity index (χ0v) is 14.1. The van der Waals surface area contributed by atoms with Crippen LogP contribution in [-0.2, 0) is 9.59 Å². The van der Waals surface area contributed by atoms with Crippen LogP contribution in [0.25, 0.3) is 0 Å². The number of carboxylic acids is 1. The van der Waals surface area contributed by atoms with E-state index in [9.17, 15) is 14.7 Å². The lowest BCUT2D eigenvalue weighted by Crippen LogP contribution is -2.49. The third-order valence-corrected chi connectivity index (χ3v) is 4.69. The van der Waals surface area contributed by atoms with Gasteiger partial charge in [-0.25, -0.2) is 0 Å². The van der Waals surface area contributed by atoms with Gasteiger partial charge in [-0.15, -0.1) is 0 Å². The average molecular weight is 370 g/mol. The molecule has 5 nitrogen and oxygen atoms in total. The highest BCUT2D eigenvalue weighted by molar-refractivity contribution is 9.10. The van der Waals surface area contributed by atoms with E-state index in [2.05, 4.69) is 15.9 Å². The van der Waals surface area contributed by atoms with Gasteiger partial charge < -0.3 is 14.7 Å². The average Bonchev–Trinajstić information content (AvgIpc) is 2.49. The number of aliphatic carboxylic acids is 1. The SMILES string of the molecule is C[C@@H]1[C@H](C(=O)O)CCCN1C(=O)CCOc1ccccc1Br. The first-order valence-corrected chi connectivity index (χ1v) is 8.19. The summed E-state index contributed by atoms with van der Waals surface area (Å²) in [5.74, 6) is -0.646. The zero-order chi connectivity index (χ0) is 16.1. The van der Waals surface area contributed by atoms with Gasteiger partial charge in [0, 0.05) is 12.6 Å². The molecule has 0 saturated carbocycles. The molecule has 2 rings (SSSR count). The quantitative estimate of drug-likeness (QED) is 0.866. The van der Waals surface area contributed by atoms with E-state index in [1.807, 2.05) is 31.2 Å². The van der Waals surface area contributed by atoms with Gasteiger partial charge in [0.2, 0.25) is 5.91 Å². The Morgan fingerprint density at radius 2 is 2.14 bits per heavy atom. The fraction of sp³-hybridized carbons (Fsp3) is 0.500. The Morgan fingerprint density at radius 3 is 2.82 bits per heavy atom. The summed E-state index contributed by atoms with van der Waals surface area (Å²) in [6.45, 7) is 2.71. The van der Waals surface area contributed by atoms with Crippen LogP contribution in [0, 0.1) is 5.92 Å². The van der Waals surface area contributed by atoms with Crippen LogP contribution in [0.5, 0.6) is 5.75 Å². The molecular weight excluding hydrogens is 350 g/mol. The van der Waals surface area contributed by atoms with E-state index < -0.39 is 11.9 Å². The van der Waals surface area contributed by atoms with Crippen molar-refractivity contribution in [2.24, 2.45) is 5.92 Å². The Bertz CT molecular complexity index is 549. The lowest BCUT2D eigenvalue weighted by atomic mass is 9.90. The first-order valence-electron chi connectivity index (χ1n) is 7.40. The minimum absolute atomic E-state index is 0.0505. The molecule has 0 radical (unpaired) electrons. The molecule has 0 spiro atoms. The Kier molecular flexibility index (Phi) is 5.83. The largest absolute Gasteiger partial charge is 0.492 e. The molecule has 0 bridgehead atoms. The van der Waals surface area contributed by atoms with Crippen LogP contribution in [0.3, 0.4) is 0 Å². The number of carbonyl (C=O) groups excluding carboxylic acids is 1. The molecule has 6 heteroatoms. The number of rotatable bonds is 5. The van der Waals surface area contributed by atoms with Crippen molar-refractivity contribution in [3.8, 4) is 5.75 Å². The molecule has 0 aliphatic carbocycles. The predicted molar refractivity (Wildman–Crippen MR) is 85.8 cm³/mol. The highest BCUT2D eigenvalue weighted by atomic mass is 79.9. The van der Waals surface area contributed by atoms with Crippen molar-refractivity contribution in [1.82, 2.24) is 4.90 Å². The maximum absolute atomic E-state index is 12.3. The van der Waals surface area contributed by atoms with Gasteiger partial charge >= 0.3 is 5.97 Å². The minimum atomic E-state index is -0.825. The van der Waals surface area contributed by atoms with Gasteiger partial charge in [0.1, 0.15) is 5.75 Å². The molecule has 1 aliphatic rings. The number of nitrogens with zero attached hydrogens (tertiary/aromatic N) is 1. The fourth-order valence-corrected chi connectivity index (χ4v) is 3.18. The second-order valence-corrected chi connectivity index (χ2v) is 6.30. The van der Waals surface area contributed by atoms with Gasteiger partial charge in [-0.2, -0.15) is 0 Å². The number of ether oxygens (including phenoxy) is 1. The topological polar surface area (TPSA) is 66.8 Å². The van der Waals surface area contributed by atoms with Crippen molar-refractivity contribution in [3.05, 3.63) is 28.7 Å². The van der Waals surface area contributed by atoms with Crippen LogP contribution in [0.1, 0.15) is 26.2 Å². The van der Waals surface area contributed by atoms with Crippen molar-refractivity contribution in [2.75, 3.05) is 13.2 Å². The van der Waals surface area contributed by atoms with E-state index in [0.29, 0.717) is 18.7 Å². The maximum Gasteiger partial charge on any atom is 0.308 e. The molecule has 0 aromatic heterocycles. The summed E-state index contributed by atoms with van der Waals surface area (Å²) in [5.41, 5.74) is 0. The van der Waals surface area contributed by atoms with Gasteiger partial charge in [0.25, 0.3) is 0 Å². The van der Waals surface area contributed by atoms with E-state index in [0.717, 1.165) is 10.9 Å². The number of hydrogen-bond donors (Lipinski definition) is 1. The number of benzene rings is 1. The molecule has 0 unspecified atom stereocenters. The Balaban J connectivity index is 1.87. The molecule has 120 valence electrons. The number of likely N-dealkylation sites (tertiary alicyclic amines) is 1. The number of halogens is 1. The van der Waals surface area contributed by atoms with Crippen molar-refractivity contribution >= 4 is 27.8 Å². The number of carboxylic acid groups (broad SMARTS) is 1. The van der Waals surface area contributed by atoms with Gasteiger partial charge in [0.15, 0.2) is 0 Å². The van der Waals surface area contributed by atoms with Gasteiger partial charge in [-0.05, 0) is 47.8 Å². The molecule has 22 heavy (non-hydrogen) atoms. The molecule has 1 N–H and O–H groups in total. The van der Waals surface area contributed by atoms with E-state index in [4.69, 9.17) is 4.74 Å². The number of carbonyl (C=O) groups is 2. The van der Waals surface area contributed by atoms with E-state index in [-0.39, 0.29) is 25.0 Å². The summed E-state index contributed by atoms with van der Waals surface area (Å²) < 4.78 is 6.44. The van der Waals surface area contributed by atoms with E-state index in [1.165, 1.54) is 0 Å². The number of amides is 1. The highest BCUT2D eigenvalue weighted by Gasteiger charge is 2.34. The van der Waals surface area contributed by atoms with Crippen molar-refractivity contribution in [3.63, 3.8) is 0 Å².